The minimum Gasteiger partial charge on any atom is -0.487 e. The summed E-state index contributed by atoms with van der Waals surface area (Å²) in [6, 6.07) is 12.3. The number of aliphatic carboxylic acids is 1. The van der Waals surface area contributed by atoms with E-state index in [2.05, 4.69) is 0 Å². The smallest absolute Gasteiger partial charge is 0.416 e. The van der Waals surface area contributed by atoms with Gasteiger partial charge in [-0.25, -0.2) is 4.39 Å². The fourth-order valence-corrected chi connectivity index (χ4v) is 3.35. The number of ketones is 1. The zero-order valence-electron chi connectivity index (χ0n) is 17.1. The normalized spacial score (nSPS) is 12.5. The van der Waals surface area contributed by atoms with Gasteiger partial charge in [-0.2, -0.15) is 13.2 Å². The molecule has 3 rings (SSSR count). The molecular formula is C24H20F4O4. The first kappa shape index (κ1) is 23.2. The predicted octanol–water partition coefficient (Wildman–Crippen LogP) is 6.26. The maximum absolute atomic E-state index is 14.3. The van der Waals surface area contributed by atoms with Gasteiger partial charge in [0.05, 0.1) is 17.0 Å². The molecule has 0 aliphatic carbocycles. The SMILES string of the molecule is CCC(CC(=O)c1ccc2ccccc2c1OCc1ccc(C(F)(F)F)cc1F)C(=O)O. The molecule has 0 fully saturated rings. The molecule has 3 aromatic carbocycles. The number of hydrogen-bond acceptors (Lipinski definition) is 3. The lowest BCUT2D eigenvalue weighted by Gasteiger charge is -2.16. The van der Waals surface area contributed by atoms with Crippen LogP contribution in [0, 0.1) is 11.7 Å². The first-order chi connectivity index (χ1) is 15.1. The molecule has 0 radical (unpaired) electrons. The van der Waals surface area contributed by atoms with Gasteiger partial charge in [-0.15, -0.1) is 0 Å². The minimum atomic E-state index is -4.67. The number of ether oxygens (including phenoxy) is 1. The number of carbonyl (C=O) groups is 2. The molecule has 0 amide bonds. The Hall–Kier alpha value is -3.42. The number of fused-ring (bicyclic) bond motifs is 1. The van der Waals surface area contributed by atoms with Crippen LogP contribution in [0.2, 0.25) is 0 Å². The number of rotatable bonds is 8. The van der Waals surface area contributed by atoms with Crippen LogP contribution >= 0.6 is 0 Å². The van der Waals surface area contributed by atoms with Gasteiger partial charge < -0.3 is 9.84 Å². The number of alkyl halides is 3. The van der Waals surface area contributed by atoms with Crippen molar-refractivity contribution >= 4 is 22.5 Å². The zero-order valence-corrected chi connectivity index (χ0v) is 17.1. The molecule has 0 heterocycles. The van der Waals surface area contributed by atoms with Crippen molar-refractivity contribution in [2.45, 2.75) is 32.5 Å². The van der Waals surface area contributed by atoms with Crippen LogP contribution < -0.4 is 4.74 Å². The van der Waals surface area contributed by atoms with Gasteiger partial charge in [-0.05, 0) is 30.0 Å². The van der Waals surface area contributed by atoms with Crippen LogP contribution in [0.25, 0.3) is 10.8 Å². The first-order valence-corrected chi connectivity index (χ1v) is 9.88. The lowest BCUT2D eigenvalue weighted by molar-refractivity contribution is -0.141. The number of Topliss-reactive ketones (excluding diaryl/α,β-unsaturated/α-hetero) is 1. The molecule has 32 heavy (non-hydrogen) atoms. The van der Waals surface area contributed by atoms with E-state index in [-0.39, 0.29) is 29.7 Å². The van der Waals surface area contributed by atoms with Crippen LogP contribution in [0.5, 0.6) is 5.75 Å². The highest BCUT2D eigenvalue weighted by molar-refractivity contribution is 6.05. The molecule has 0 bridgehead atoms. The average Bonchev–Trinajstić information content (AvgIpc) is 2.75. The van der Waals surface area contributed by atoms with E-state index in [0.717, 1.165) is 17.5 Å². The number of carboxylic acid groups (broad SMARTS) is 1. The van der Waals surface area contributed by atoms with E-state index in [1.807, 2.05) is 0 Å². The molecule has 1 atom stereocenters. The summed E-state index contributed by atoms with van der Waals surface area (Å²) in [5.74, 6) is -3.35. The van der Waals surface area contributed by atoms with Crippen molar-refractivity contribution in [1.29, 1.82) is 0 Å². The topological polar surface area (TPSA) is 63.6 Å². The Morgan fingerprint density at radius 1 is 1.06 bits per heavy atom. The van der Waals surface area contributed by atoms with Gasteiger partial charge in [-0.3, -0.25) is 9.59 Å². The fraction of sp³-hybridized carbons (Fsp3) is 0.250. The summed E-state index contributed by atoms with van der Waals surface area (Å²) in [5.41, 5.74) is -1.09. The first-order valence-electron chi connectivity index (χ1n) is 9.88. The Labute approximate surface area is 181 Å². The quantitative estimate of drug-likeness (QED) is 0.326. The Balaban J connectivity index is 1.95. The predicted molar refractivity (Wildman–Crippen MR) is 110 cm³/mol. The molecular weight excluding hydrogens is 428 g/mol. The Bertz CT molecular complexity index is 1150. The second-order valence-corrected chi connectivity index (χ2v) is 7.33. The molecule has 0 saturated carbocycles. The number of halogens is 4. The third-order valence-electron chi connectivity index (χ3n) is 5.21. The van der Waals surface area contributed by atoms with Crippen LogP contribution in [0.4, 0.5) is 17.6 Å². The van der Waals surface area contributed by atoms with E-state index in [0.29, 0.717) is 11.5 Å². The van der Waals surface area contributed by atoms with Crippen molar-refractivity contribution in [3.8, 4) is 5.75 Å². The highest BCUT2D eigenvalue weighted by Gasteiger charge is 2.31. The van der Waals surface area contributed by atoms with Crippen LogP contribution in [-0.4, -0.2) is 16.9 Å². The summed E-state index contributed by atoms with van der Waals surface area (Å²) < 4.78 is 58.3. The molecule has 0 aliphatic heterocycles. The van der Waals surface area contributed by atoms with Crippen molar-refractivity contribution in [2.24, 2.45) is 5.92 Å². The molecule has 0 aromatic heterocycles. The Morgan fingerprint density at radius 2 is 1.78 bits per heavy atom. The van der Waals surface area contributed by atoms with Gasteiger partial charge in [0.2, 0.25) is 0 Å². The summed E-state index contributed by atoms with van der Waals surface area (Å²) in [4.78, 5) is 24.2. The van der Waals surface area contributed by atoms with Crippen molar-refractivity contribution in [3.63, 3.8) is 0 Å². The van der Waals surface area contributed by atoms with E-state index in [9.17, 15) is 32.3 Å². The zero-order chi connectivity index (χ0) is 23.5. The molecule has 168 valence electrons. The molecule has 0 aliphatic rings. The summed E-state index contributed by atoms with van der Waals surface area (Å²) in [6.45, 7) is 1.26. The third-order valence-corrected chi connectivity index (χ3v) is 5.21. The second kappa shape index (κ2) is 9.38. The lowest BCUT2D eigenvalue weighted by atomic mass is 9.94. The molecule has 3 aromatic rings. The van der Waals surface area contributed by atoms with E-state index < -0.39 is 41.8 Å². The number of hydrogen-bond donors (Lipinski definition) is 1. The van der Waals surface area contributed by atoms with Gasteiger partial charge in [-0.1, -0.05) is 43.3 Å². The van der Waals surface area contributed by atoms with Crippen molar-refractivity contribution < 1.29 is 37.0 Å². The van der Waals surface area contributed by atoms with Gasteiger partial charge in [0.25, 0.3) is 0 Å². The summed E-state index contributed by atoms with van der Waals surface area (Å²) >= 11 is 0. The highest BCUT2D eigenvalue weighted by atomic mass is 19.4. The Kier molecular flexibility index (Phi) is 6.81. The van der Waals surface area contributed by atoms with Gasteiger partial charge >= 0.3 is 12.1 Å². The molecule has 0 spiro atoms. The molecule has 1 unspecified atom stereocenters. The number of carbonyl (C=O) groups excluding carboxylic acids is 1. The van der Waals surface area contributed by atoms with Crippen LogP contribution in [-0.2, 0) is 17.6 Å². The maximum Gasteiger partial charge on any atom is 0.416 e. The lowest BCUT2D eigenvalue weighted by Crippen LogP contribution is -2.18. The monoisotopic (exact) mass is 448 g/mol. The van der Waals surface area contributed by atoms with E-state index in [1.165, 1.54) is 6.07 Å². The van der Waals surface area contributed by atoms with E-state index in [4.69, 9.17) is 4.74 Å². The third kappa shape index (κ3) is 5.07. The second-order valence-electron chi connectivity index (χ2n) is 7.33. The average molecular weight is 448 g/mol. The fourth-order valence-electron chi connectivity index (χ4n) is 3.35. The standard InChI is InChI=1S/C24H20F4O4/c1-2-14(23(30)31)11-21(29)19-10-8-15-5-3-4-6-18(15)22(19)32-13-16-7-9-17(12-20(16)25)24(26,27)28/h3-10,12,14H,2,11,13H2,1H3,(H,30,31). The largest absolute Gasteiger partial charge is 0.487 e. The summed E-state index contributed by atoms with van der Waals surface area (Å²) in [7, 11) is 0. The maximum atomic E-state index is 14.3. The molecule has 8 heteroatoms. The molecule has 4 nitrogen and oxygen atoms in total. The van der Waals surface area contributed by atoms with Crippen molar-refractivity contribution in [1.82, 2.24) is 0 Å². The van der Waals surface area contributed by atoms with Gasteiger partial charge in [0.15, 0.2) is 5.78 Å². The van der Waals surface area contributed by atoms with Gasteiger partial charge in [0.1, 0.15) is 18.2 Å². The Morgan fingerprint density at radius 3 is 2.41 bits per heavy atom. The minimum absolute atomic E-state index is 0.110. The van der Waals surface area contributed by atoms with Crippen LogP contribution in [0.1, 0.15) is 41.3 Å². The summed E-state index contributed by atoms with van der Waals surface area (Å²) in [5, 5.41) is 10.6. The van der Waals surface area contributed by atoms with E-state index in [1.54, 1.807) is 37.3 Å². The van der Waals surface area contributed by atoms with E-state index >= 15 is 0 Å². The van der Waals surface area contributed by atoms with Crippen molar-refractivity contribution in [3.05, 3.63) is 77.1 Å². The highest BCUT2D eigenvalue weighted by Crippen LogP contribution is 2.34. The molecule has 0 saturated heterocycles. The summed E-state index contributed by atoms with van der Waals surface area (Å²) in [6.07, 6.45) is -4.65. The molecule has 1 N–H and O–H groups in total. The van der Waals surface area contributed by atoms with Crippen molar-refractivity contribution in [2.75, 3.05) is 0 Å². The number of benzene rings is 3. The van der Waals surface area contributed by atoms with Gasteiger partial charge in [0, 0.05) is 17.4 Å². The van der Waals surface area contributed by atoms with Crippen LogP contribution in [0.15, 0.2) is 54.6 Å². The number of carboxylic acids is 1. The van der Waals surface area contributed by atoms with Crippen LogP contribution in [0.3, 0.4) is 0 Å².